The van der Waals surface area contributed by atoms with Crippen LogP contribution < -0.4 is 4.74 Å². The van der Waals surface area contributed by atoms with Gasteiger partial charge in [-0.25, -0.2) is 0 Å². The molecule has 0 saturated heterocycles. The van der Waals surface area contributed by atoms with Gasteiger partial charge in [-0.1, -0.05) is 0 Å². The van der Waals surface area contributed by atoms with Gasteiger partial charge in [0.25, 0.3) is 0 Å². The van der Waals surface area contributed by atoms with Gasteiger partial charge in [-0.15, -0.1) is 0 Å². The lowest BCUT2D eigenvalue weighted by atomic mass is 10.3. The third kappa shape index (κ3) is 2.03. The van der Waals surface area contributed by atoms with Gasteiger partial charge in [-0.2, -0.15) is 0 Å². The number of aromatic hydroxyl groups is 2. The highest BCUT2D eigenvalue weighted by atomic mass is 16.6. The molecule has 1 aromatic rings. The zero-order valence-corrected chi connectivity index (χ0v) is 6.56. The molecule has 0 aliphatic carbocycles. The lowest BCUT2D eigenvalue weighted by Gasteiger charge is -2.08. The summed E-state index contributed by atoms with van der Waals surface area (Å²) in [5, 5.41) is 26.7. The fourth-order valence-electron chi connectivity index (χ4n) is 0.773. The van der Waals surface area contributed by atoms with E-state index in [2.05, 4.69) is 0 Å². The van der Waals surface area contributed by atoms with Crippen molar-refractivity contribution >= 4 is 0 Å². The first kappa shape index (κ1) is 8.67. The molecule has 0 aromatic heterocycles. The molecular formula is C8H10O4. The number of benzene rings is 1. The van der Waals surface area contributed by atoms with Crippen LogP contribution in [0.5, 0.6) is 17.2 Å². The van der Waals surface area contributed by atoms with Crippen LogP contribution in [0.2, 0.25) is 0 Å². The van der Waals surface area contributed by atoms with Gasteiger partial charge in [0, 0.05) is 6.07 Å². The Morgan fingerprint density at radius 1 is 1.25 bits per heavy atom. The molecule has 0 fully saturated rings. The van der Waals surface area contributed by atoms with Crippen molar-refractivity contribution in [1.29, 1.82) is 0 Å². The third-order valence-corrected chi connectivity index (χ3v) is 1.25. The molecule has 0 amide bonds. The molecule has 4 nitrogen and oxygen atoms in total. The number of aliphatic hydroxyl groups excluding tert-OH is 1. The maximum atomic E-state index is 9.00. The SMILES string of the molecule is CC(O)Oc1ccc(O)c(O)c1. The van der Waals surface area contributed by atoms with Crippen LogP contribution in [0.4, 0.5) is 0 Å². The van der Waals surface area contributed by atoms with E-state index in [0.29, 0.717) is 5.75 Å². The Labute approximate surface area is 69.7 Å². The minimum atomic E-state index is -0.936. The smallest absolute Gasteiger partial charge is 0.194 e. The van der Waals surface area contributed by atoms with E-state index in [-0.39, 0.29) is 11.5 Å². The number of rotatable bonds is 2. The molecule has 0 bridgehead atoms. The molecular weight excluding hydrogens is 160 g/mol. The number of hydrogen-bond acceptors (Lipinski definition) is 4. The average Bonchev–Trinajstić information content (AvgIpc) is 1.96. The predicted octanol–water partition coefficient (Wildman–Crippen LogP) is 0.815. The zero-order chi connectivity index (χ0) is 9.14. The molecule has 66 valence electrons. The van der Waals surface area contributed by atoms with Crippen molar-refractivity contribution < 1.29 is 20.1 Å². The molecule has 0 aliphatic rings. The van der Waals surface area contributed by atoms with Crippen LogP contribution in [0.25, 0.3) is 0 Å². The van der Waals surface area contributed by atoms with Crippen molar-refractivity contribution in [3.63, 3.8) is 0 Å². The van der Waals surface area contributed by atoms with Crippen molar-refractivity contribution in [1.82, 2.24) is 0 Å². The van der Waals surface area contributed by atoms with Crippen molar-refractivity contribution in [3.8, 4) is 17.2 Å². The van der Waals surface area contributed by atoms with Crippen molar-refractivity contribution in [3.05, 3.63) is 18.2 Å². The van der Waals surface area contributed by atoms with Gasteiger partial charge in [-0.05, 0) is 19.1 Å². The summed E-state index contributed by atoms with van der Waals surface area (Å²) in [6, 6.07) is 3.96. The fraction of sp³-hybridized carbons (Fsp3) is 0.250. The maximum absolute atomic E-state index is 9.00. The zero-order valence-electron chi connectivity index (χ0n) is 6.56. The Kier molecular flexibility index (Phi) is 2.40. The van der Waals surface area contributed by atoms with Crippen LogP contribution in [0.3, 0.4) is 0 Å². The first-order valence-corrected chi connectivity index (χ1v) is 3.46. The Bertz CT molecular complexity index is 270. The molecule has 1 aromatic carbocycles. The number of phenolic OH excluding ortho intramolecular Hbond substituents is 2. The number of phenols is 2. The lowest BCUT2D eigenvalue weighted by Crippen LogP contribution is -2.09. The molecule has 1 unspecified atom stereocenters. The lowest BCUT2D eigenvalue weighted by molar-refractivity contribution is -0.000448. The summed E-state index contributed by atoms with van der Waals surface area (Å²) in [6.07, 6.45) is -0.936. The maximum Gasteiger partial charge on any atom is 0.194 e. The van der Waals surface area contributed by atoms with E-state index < -0.39 is 6.29 Å². The highest BCUT2D eigenvalue weighted by Crippen LogP contribution is 2.28. The van der Waals surface area contributed by atoms with E-state index in [9.17, 15) is 0 Å². The first-order chi connectivity index (χ1) is 5.59. The quantitative estimate of drug-likeness (QED) is 0.454. The summed E-state index contributed by atoms with van der Waals surface area (Å²) < 4.78 is 4.83. The van der Waals surface area contributed by atoms with Gasteiger partial charge in [0.2, 0.25) is 0 Å². The third-order valence-electron chi connectivity index (χ3n) is 1.25. The van der Waals surface area contributed by atoms with E-state index in [1.165, 1.54) is 25.1 Å². The van der Waals surface area contributed by atoms with Crippen LogP contribution in [0, 0.1) is 0 Å². The first-order valence-electron chi connectivity index (χ1n) is 3.46. The second-order valence-electron chi connectivity index (χ2n) is 2.37. The van der Waals surface area contributed by atoms with Crippen LogP contribution in [-0.4, -0.2) is 21.6 Å². The van der Waals surface area contributed by atoms with E-state index >= 15 is 0 Å². The Morgan fingerprint density at radius 2 is 1.92 bits per heavy atom. The summed E-state index contributed by atoms with van der Waals surface area (Å²) in [6.45, 7) is 1.45. The molecule has 0 aliphatic heterocycles. The van der Waals surface area contributed by atoms with Gasteiger partial charge in [-0.3, -0.25) is 0 Å². The molecule has 12 heavy (non-hydrogen) atoms. The van der Waals surface area contributed by atoms with Gasteiger partial charge in [0.15, 0.2) is 17.8 Å². The summed E-state index contributed by atoms with van der Waals surface area (Å²) in [5.41, 5.74) is 0. The van der Waals surface area contributed by atoms with Crippen molar-refractivity contribution in [2.45, 2.75) is 13.2 Å². The average molecular weight is 170 g/mol. The monoisotopic (exact) mass is 170 g/mol. The van der Waals surface area contributed by atoms with Crippen molar-refractivity contribution in [2.75, 3.05) is 0 Å². The largest absolute Gasteiger partial charge is 0.504 e. The van der Waals surface area contributed by atoms with Crippen LogP contribution in [0.15, 0.2) is 18.2 Å². The normalized spacial score (nSPS) is 12.5. The highest BCUT2D eigenvalue weighted by Gasteiger charge is 2.02. The van der Waals surface area contributed by atoms with E-state index in [1.54, 1.807) is 0 Å². The summed E-state index contributed by atoms with van der Waals surface area (Å²) >= 11 is 0. The molecule has 0 spiro atoms. The molecule has 0 radical (unpaired) electrons. The molecule has 1 rings (SSSR count). The second kappa shape index (κ2) is 3.32. The summed E-state index contributed by atoms with van der Waals surface area (Å²) in [4.78, 5) is 0. The van der Waals surface area contributed by atoms with Crippen LogP contribution in [-0.2, 0) is 0 Å². The van der Waals surface area contributed by atoms with E-state index in [0.717, 1.165) is 0 Å². The predicted molar refractivity (Wildman–Crippen MR) is 42.1 cm³/mol. The Hall–Kier alpha value is -1.42. The minimum Gasteiger partial charge on any atom is -0.504 e. The van der Waals surface area contributed by atoms with E-state index in [1.807, 2.05) is 0 Å². The summed E-state index contributed by atoms with van der Waals surface area (Å²) in [7, 11) is 0. The second-order valence-corrected chi connectivity index (χ2v) is 2.37. The molecule has 4 heteroatoms. The molecule has 1 atom stereocenters. The fourth-order valence-corrected chi connectivity index (χ4v) is 0.773. The molecule has 3 N–H and O–H groups in total. The number of ether oxygens (including phenoxy) is 1. The summed E-state index contributed by atoms with van der Waals surface area (Å²) in [5.74, 6) is -0.179. The van der Waals surface area contributed by atoms with Gasteiger partial charge in [0.05, 0.1) is 0 Å². The van der Waals surface area contributed by atoms with Gasteiger partial charge in [0.1, 0.15) is 5.75 Å². The van der Waals surface area contributed by atoms with Crippen LogP contribution >= 0.6 is 0 Å². The van der Waals surface area contributed by atoms with Crippen molar-refractivity contribution in [2.24, 2.45) is 0 Å². The minimum absolute atomic E-state index is 0.215. The topological polar surface area (TPSA) is 69.9 Å². The Morgan fingerprint density at radius 3 is 2.42 bits per heavy atom. The van der Waals surface area contributed by atoms with Crippen LogP contribution in [0.1, 0.15) is 6.92 Å². The molecule has 0 heterocycles. The van der Waals surface area contributed by atoms with E-state index in [4.69, 9.17) is 20.1 Å². The highest BCUT2D eigenvalue weighted by molar-refractivity contribution is 5.43. The number of hydrogen-bond donors (Lipinski definition) is 3. The Balaban J connectivity index is 2.82. The molecule has 0 saturated carbocycles. The number of aliphatic hydroxyl groups is 1. The van der Waals surface area contributed by atoms with Gasteiger partial charge >= 0.3 is 0 Å². The standard InChI is InChI=1S/C8H10O4/c1-5(9)12-6-2-3-7(10)8(11)4-6/h2-5,9-11H,1H3. The van der Waals surface area contributed by atoms with Gasteiger partial charge < -0.3 is 20.1 Å².